The normalized spacial score (nSPS) is 16.5. The molecule has 0 aliphatic carbocycles. The zero-order valence-electron chi connectivity index (χ0n) is 16.4. The highest BCUT2D eigenvalue weighted by Gasteiger charge is 2.21. The number of rotatable bonds is 4. The minimum Gasteiger partial charge on any atom is -0.486 e. The maximum Gasteiger partial charge on any atom is 0.219 e. The standard InChI is InChI=1S/C19H27ClN4O3.HI/c1-3-21-19(24-8-6-23(7-9-24)14(2)25)22-5-4-15-12-16(20)18-17(13-15)26-10-11-27-18;/h12-13H,3-11H2,1-2H3,(H,21,22);1H. The molecule has 0 aromatic heterocycles. The maximum atomic E-state index is 11.5. The summed E-state index contributed by atoms with van der Waals surface area (Å²) in [5, 5.41) is 3.93. The van der Waals surface area contributed by atoms with Crippen molar-refractivity contribution in [1.82, 2.24) is 15.1 Å². The van der Waals surface area contributed by atoms with Gasteiger partial charge in [-0.05, 0) is 31.0 Å². The third kappa shape index (κ3) is 5.79. The predicted octanol–water partition coefficient (Wildman–Crippen LogP) is 2.40. The van der Waals surface area contributed by atoms with Gasteiger partial charge in [0.25, 0.3) is 0 Å². The number of ether oxygens (including phenoxy) is 2. The Morgan fingerprint density at radius 3 is 2.54 bits per heavy atom. The first-order valence-electron chi connectivity index (χ1n) is 9.45. The highest BCUT2D eigenvalue weighted by Crippen LogP contribution is 2.38. The molecule has 0 spiro atoms. The molecule has 1 amide bonds. The Bertz CT molecular complexity index is 709. The van der Waals surface area contributed by atoms with Gasteiger partial charge < -0.3 is 24.6 Å². The fraction of sp³-hybridized carbons (Fsp3) is 0.579. The number of fused-ring (bicyclic) bond motifs is 1. The summed E-state index contributed by atoms with van der Waals surface area (Å²) >= 11 is 6.31. The number of hydrogen-bond donors (Lipinski definition) is 1. The largest absolute Gasteiger partial charge is 0.486 e. The number of halogens is 2. The lowest BCUT2D eigenvalue weighted by Crippen LogP contribution is -2.53. The van der Waals surface area contributed by atoms with Crippen molar-refractivity contribution in [2.45, 2.75) is 20.3 Å². The highest BCUT2D eigenvalue weighted by molar-refractivity contribution is 14.0. The van der Waals surface area contributed by atoms with Crippen molar-refractivity contribution in [2.24, 2.45) is 4.99 Å². The van der Waals surface area contributed by atoms with E-state index in [-0.39, 0.29) is 29.9 Å². The first-order chi connectivity index (χ1) is 13.1. The van der Waals surface area contributed by atoms with Crippen LogP contribution in [0.5, 0.6) is 11.5 Å². The monoisotopic (exact) mass is 522 g/mol. The van der Waals surface area contributed by atoms with Crippen LogP contribution in [0, 0.1) is 0 Å². The van der Waals surface area contributed by atoms with E-state index >= 15 is 0 Å². The Morgan fingerprint density at radius 1 is 1.18 bits per heavy atom. The van der Waals surface area contributed by atoms with Crippen LogP contribution in [-0.2, 0) is 11.2 Å². The molecule has 1 aromatic carbocycles. The lowest BCUT2D eigenvalue weighted by Gasteiger charge is -2.36. The number of amides is 1. The molecule has 1 aromatic rings. The van der Waals surface area contributed by atoms with Gasteiger partial charge in [0.15, 0.2) is 17.5 Å². The molecule has 0 atom stereocenters. The second-order valence-electron chi connectivity index (χ2n) is 6.58. The first kappa shape index (κ1) is 22.9. The van der Waals surface area contributed by atoms with Crippen LogP contribution in [0.2, 0.25) is 5.02 Å². The van der Waals surface area contributed by atoms with Gasteiger partial charge in [-0.2, -0.15) is 0 Å². The SMILES string of the molecule is CCNC(=NCCc1cc(Cl)c2c(c1)OCCO2)N1CCN(C(C)=O)CC1.I. The summed E-state index contributed by atoms with van der Waals surface area (Å²) in [6.07, 6.45) is 0.763. The number of hydrogen-bond acceptors (Lipinski definition) is 4. The second-order valence-corrected chi connectivity index (χ2v) is 6.99. The molecule has 156 valence electrons. The van der Waals surface area contributed by atoms with Crippen LogP contribution in [-0.4, -0.2) is 74.1 Å². The zero-order chi connectivity index (χ0) is 19.2. The van der Waals surface area contributed by atoms with Gasteiger partial charge in [0, 0.05) is 46.2 Å². The second kappa shape index (κ2) is 10.9. The smallest absolute Gasteiger partial charge is 0.219 e. The number of carbonyl (C=O) groups excluding carboxylic acids is 1. The Hall–Kier alpha value is -1.42. The van der Waals surface area contributed by atoms with E-state index in [1.807, 2.05) is 17.0 Å². The summed E-state index contributed by atoms with van der Waals surface area (Å²) < 4.78 is 11.2. The third-order valence-electron chi connectivity index (χ3n) is 4.68. The van der Waals surface area contributed by atoms with E-state index in [2.05, 4.69) is 17.1 Å². The summed E-state index contributed by atoms with van der Waals surface area (Å²) in [5.41, 5.74) is 1.07. The topological polar surface area (TPSA) is 66.4 Å². The molecule has 28 heavy (non-hydrogen) atoms. The molecule has 1 N–H and O–H groups in total. The van der Waals surface area contributed by atoms with Crippen LogP contribution in [0.15, 0.2) is 17.1 Å². The molecule has 3 rings (SSSR count). The van der Waals surface area contributed by atoms with Crippen molar-refractivity contribution in [3.63, 3.8) is 0 Å². The van der Waals surface area contributed by atoms with E-state index in [0.717, 1.165) is 50.7 Å². The fourth-order valence-corrected chi connectivity index (χ4v) is 3.55. The van der Waals surface area contributed by atoms with Gasteiger partial charge in [0.05, 0.1) is 5.02 Å². The van der Waals surface area contributed by atoms with Crippen molar-refractivity contribution >= 4 is 47.4 Å². The fourth-order valence-electron chi connectivity index (χ4n) is 3.26. The third-order valence-corrected chi connectivity index (χ3v) is 4.96. The van der Waals surface area contributed by atoms with Crippen LogP contribution in [0.25, 0.3) is 0 Å². The number of nitrogens with one attached hydrogen (secondary N) is 1. The number of piperazine rings is 1. The van der Waals surface area contributed by atoms with Gasteiger partial charge >= 0.3 is 0 Å². The van der Waals surface area contributed by atoms with Crippen molar-refractivity contribution < 1.29 is 14.3 Å². The predicted molar refractivity (Wildman–Crippen MR) is 121 cm³/mol. The number of aliphatic imine (C=N–C) groups is 1. The molecule has 1 fully saturated rings. The van der Waals surface area contributed by atoms with Crippen molar-refractivity contribution in [3.8, 4) is 11.5 Å². The summed E-state index contributed by atoms with van der Waals surface area (Å²) in [5.74, 6) is 2.36. The summed E-state index contributed by atoms with van der Waals surface area (Å²) in [6.45, 7) is 9.25. The first-order valence-corrected chi connectivity index (χ1v) is 9.83. The average molecular weight is 523 g/mol. The van der Waals surface area contributed by atoms with Gasteiger partial charge in [-0.25, -0.2) is 0 Å². The minimum atomic E-state index is 0. The van der Waals surface area contributed by atoms with E-state index in [9.17, 15) is 4.79 Å². The molecule has 0 unspecified atom stereocenters. The van der Waals surface area contributed by atoms with Crippen LogP contribution in [0.3, 0.4) is 0 Å². The van der Waals surface area contributed by atoms with Crippen LogP contribution >= 0.6 is 35.6 Å². The minimum absolute atomic E-state index is 0. The quantitative estimate of drug-likeness (QED) is 0.374. The Kier molecular flexibility index (Phi) is 8.94. The molecule has 0 radical (unpaired) electrons. The van der Waals surface area contributed by atoms with E-state index in [4.69, 9.17) is 26.1 Å². The number of nitrogens with zero attached hydrogens (tertiary/aromatic N) is 3. The molecule has 1 saturated heterocycles. The summed E-state index contributed by atoms with van der Waals surface area (Å²) in [7, 11) is 0. The Labute approximate surface area is 188 Å². The number of carbonyl (C=O) groups is 1. The van der Waals surface area contributed by atoms with E-state index in [0.29, 0.717) is 36.3 Å². The average Bonchev–Trinajstić information content (AvgIpc) is 2.67. The van der Waals surface area contributed by atoms with E-state index in [1.165, 1.54) is 0 Å². The van der Waals surface area contributed by atoms with Gasteiger partial charge in [-0.3, -0.25) is 9.79 Å². The lowest BCUT2D eigenvalue weighted by molar-refractivity contribution is -0.130. The van der Waals surface area contributed by atoms with Crippen molar-refractivity contribution in [2.75, 3.05) is 52.5 Å². The number of guanidine groups is 1. The van der Waals surface area contributed by atoms with E-state index < -0.39 is 0 Å². The van der Waals surface area contributed by atoms with Crippen LogP contribution in [0.1, 0.15) is 19.4 Å². The van der Waals surface area contributed by atoms with Gasteiger partial charge in [0.2, 0.25) is 5.91 Å². The van der Waals surface area contributed by atoms with Crippen molar-refractivity contribution in [1.29, 1.82) is 0 Å². The van der Waals surface area contributed by atoms with Gasteiger partial charge in [-0.1, -0.05) is 11.6 Å². The van der Waals surface area contributed by atoms with Gasteiger partial charge in [-0.15, -0.1) is 24.0 Å². The molecule has 0 bridgehead atoms. The van der Waals surface area contributed by atoms with Crippen molar-refractivity contribution in [3.05, 3.63) is 22.7 Å². The molecular weight excluding hydrogens is 495 g/mol. The molecule has 7 nitrogen and oxygen atoms in total. The molecule has 2 aliphatic heterocycles. The molecule has 2 aliphatic rings. The molecule has 2 heterocycles. The van der Waals surface area contributed by atoms with Gasteiger partial charge in [0.1, 0.15) is 13.2 Å². The number of benzene rings is 1. The molecule has 0 saturated carbocycles. The Morgan fingerprint density at radius 2 is 1.86 bits per heavy atom. The van der Waals surface area contributed by atoms with Crippen LogP contribution < -0.4 is 14.8 Å². The molecular formula is C19H28ClIN4O3. The Balaban J connectivity index is 0.00000280. The highest BCUT2D eigenvalue weighted by atomic mass is 127. The summed E-state index contributed by atoms with van der Waals surface area (Å²) in [6, 6.07) is 3.90. The van der Waals surface area contributed by atoms with Crippen LogP contribution in [0.4, 0.5) is 0 Å². The molecule has 9 heteroatoms. The maximum absolute atomic E-state index is 11.5. The summed E-state index contributed by atoms with van der Waals surface area (Å²) in [4.78, 5) is 20.3. The zero-order valence-corrected chi connectivity index (χ0v) is 19.5. The van der Waals surface area contributed by atoms with E-state index in [1.54, 1.807) is 6.92 Å². The lowest BCUT2D eigenvalue weighted by atomic mass is 10.1.